The highest BCUT2D eigenvalue weighted by molar-refractivity contribution is 8.01. The van der Waals surface area contributed by atoms with Crippen LogP contribution in [0.3, 0.4) is 0 Å². The number of anilines is 1. The van der Waals surface area contributed by atoms with E-state index in [1.165, 1.54) is 17.1 Å². The maximum Gasteiger partial charge on any atom is 0.289 e. The van der Waals surface area contributed by atoms with Gasteiger partial charge < -0.3 is 14.8 Å². The van der Waals surface area contributed by atoms with Crippen molar-refractivity contribution in [1.29, 1.82) is 0 Å². The molecule has 0 bridgehead atoms. The SMILES string of the molecule is O=C1Nc2ccc(Sc3cccs3)cc2C12OCCC(CC1CC1)O2. The van der Waals surface area contributed by atoms with Gasteiger partial charge in [0.15, 0.2) is 0 Å². The number of nitrogens with one attached hydrogen (secondary N) is 1. The summed E-state index contributed by atoms with van der Waals surface area (Å²) in [7, 11) is 0. The molecule has 4 nitrogen and oxygen atoms in total. The van der Waals surface area contributed by atoms with Gasteiger partial charge in [0.25, 0.3) is 11.7 Å². The van der Waals surface area contributed by atoms with Gasteiger partial charge in [-0.15, -0.1) is 11.3 Å². The highest BCUT2D eigenvalue weighted by atomic mass is 32.2. The average molecular weight is 373 g/mol. The Kier molecular flexibility index (Phi) is 3.89. The van der Waals surface area contributed by atoms with Crippen molar-refractivity contribution in [3.63, 3.8) is 0 Å². The quantitative estimate of drug-likeness (QED) is 0.850. The highest BCUT2D eigenvalue weighted by Crippen LogP contribution is 2.47. The number of hydrogen-bond donors (Lipinski definition) is 1. The first-order valence-electron chi connectivity index (χ1n) is 8.72. The second kappa shape index (κ2) is 6.13. The van der Waals surface area contributed by atoms with Gasteiger partial charge in [-0.25, -0.2) is 0 Å². The van der Waals surface area contributed by atoms with Gasteiger partial charge >= 0.3 is 0 Å². The Labute approximate surface area is 154 Å². The van der Waals surface area contributed by atoms with Crippen LogP contribution in [0.15, 0.2) is 44.8 Å². The lowest BCUT2D eigenvalue weighted by Crippen LogP contribution is -2.47. The maximum absolute atomic E-state index is 12.7. The van der Waals surface area contributed by atoms with E-state index >= 15 is 0 Å². The fourth-order valence-electron chi connectivity index (χ4n) is 3.55. The van der Waals surface area contributed by atoms with Gasteiger partial charge in [-0.1, -0.05) is 30.7 Å². The zero-order chi connectivity index (χ0) is 16.9. The molecule has 25 heavy (non-hydrogen) atoms. The van der Waals surface area contributed by atoms with Gasteiger partial charge in [0.1, 0.15) is 0 Å². The topological polar surface area (TPSA) is 47.6 Å². The minimum Gasteiger partial charge on any atom is -0.338 e. The molecule has 2 unspecified atom stereocenters. The van der Waals surface area contributed by atoms with E-state index < -0.39 is 5.79 Å². The van der Waals surface area contributed by atoms with Crippen LogP contribution < -0.4 is 5.32 Å². The van der Waals surface area contributed by atoms with Gasteiger partial charge in [0, 0.05) is 10.5 Å². The predicted molar refractivity (Wildman–Crippen MR) is 98.0 cm³/mol. The van der Waals surface area contributed by atoms with Crippen LogP contribution in [0, 0.1) is 5.92 Å². The molecule has 2 aromatic rings. The molecule has 3 aliphatic rings. The largest absolute Gasteiger partial charge is 0.338 e. The van der Waals surface area contributed by atoms with E-state index in [0.29, 0.717) is 6.61 Å². The summed E-state index contributed by atoms with van der Waals surface area (Å²) in [5, 5.41) is 5.01. The zero-order valence-electron chi connectivity index (χ0n) is 13.7. The van der Waals surface area contributed by atoms with Crippen LogP contribution in [0.5, 0.6) is 0 Å². The second-order valence-electron chi connectivity index (χ2n) is 6.87. The molecule has 1 aromatic heterocycles. The third kappa shape index (κ3) is 2.91. The number of carbonyl (C=O) groups excluding carboxylic acids is 1. The number of fused-ring (bicyclic) bond motifs is 2. The van der Waals surface area contributed by atoms with Crippen LogP contribution in [-0.4, -0.2) is 18.6 Å². The van der Waals surface area contributed by atoms with E-state index in [1.54, 1.807) is 23.1 Å². The van der Waals surface area contributed by atoms with Crippen molar-refractivity contribution in [2.24, 2.45) is 5.92 Å². The highest BCUT2D eigenvalue weighted by Gasteiger charge is 2.53. The lowest BCUT2D eigenvalue weighted by atomic mass is 10.0. The van der Waals surface area contributed by atoms with Crippen molar-refractivity contribution >= 4 is 34.7 Å². The van der Waals surface area contributed by atoms with E-state index in [0.717, 1.165) is 34.9 Å². The minimum atomic E-state index is -1.26. The van der Waals surface area contributed by atoms with Crippen LogP contribution in [0.4, 0.5) is 5.69 Å². The van der Waals surface area contributed by atoms with Crippen LogP contribution in [0.1, 0.15) is 31.2 Å². The average Bonchev–Trinajstić information content (AvgIpc) is 3.21. The van der Waals surface area contributed by atoms with E-state index in [4.69, 9.17) is 9.47 Å². The number of amides is 1. The fourth-order valence-corrected chi connectivity index (χ4v) is 5.33. The molecule has 1 N–H and O–H groups in total. The summed E-state index contributed by atoms with van der Waals surface area (Å²) in [4.78, 5) is 13.8. The summed E-state index contributed by atoms with van der Waals surface area (Å²) >= 11 is 3.41. The number of benzene rings is 1. The fraction of sp³-hybridized carbons (Fsp3) is 0.421. The van der Waals surface area contributed by atoms with Crippen molar-refractivity contribution in [2.45, 2.75) is 46.7 Å². The Morgan fingerprint density at radius 3 is 3.00 bits per heavy atom. The standard InChI is InChI=1S/C19H19NO3S2/c21-18-19(22-8-7-13(23-19)10-12-3-4-12)15-11-14(5-6-16(15)20-18)25-17-2-1-9-24-17/h1-2,5-6,9,11-13H,3-4,7-8,10H2,(H,20,21). The molecular formula is C19H19NO3S2. The molecule has 1 amide bonds. The summed E-state index contributed by atoms with van der Waals surface area (Å²) in [6.07, 6.45) is 4.59. The third-order valence-electron chi connectivity index (χ3n) is 4.98. The van der Waals surface area contributed by atoms with Crippen molar-refractivity contribution < 1.29 is 14.3 Å². The third-order valence-corrected chi connectivity index (χ3v) is 7.00. The predicted octanol–water partition coefficient (Wildman–Crippen LogP) is 4.61. The van der Waals surface area contributed by atoms with E-state index in [-0.39, 0.29) is 12.0 Å². The number of rotatable bonds is 4. The molecule has 3 heterocycles. The molecule has 1 saturated carbocycles. The number of thiophene rings is 1. The van der Waals surface area contributed by atoms with Crippen LogP contribution in [0.25, 0.3) is 0 Å². The normalized spacial score (nSPS) is 28.2. The molecule has 0 radical (unpaired) electrons. The molecule has 1 spiro atoms. The van der Waals surface area contributed by atoms with Crippen LogP contribution in [0.2, 0.25) is 0 Å². The molecule has 1 aromatic carbocycles. The Balaban J connectivity index is 1.46. The Hall–Kier alpha value is -1.34. The van der Waals surface area contributed by atoms with E-state index in [9.17, 15) is 4.79 Å². The number of ether oxygens (including phenoxy) is 2. The summed E-state index contributed by atoms with van der Waals surface area (Å²) in [5.41, 5.74) is 1.62. The van der Waals surface area contributed by atoms with E-state index in [1.807, 2.05) is 24.3 Å². The van der Waals surface area contributed by atoms with Crippen molar-refractivity contribution in [2.75, 3.05) is 11.9 Å². The van der Waals surface area contributed by atoms with Gasteiger partial charge in [0.2, 0.25) is 0 Å². The molecule has 2 fully saturated rings. The van der Waals surface area contributed by atoms with Gasteiger partial charge in [0.05, 0.1) is 22.6 Å². The monoisotopic (exact) mass is 373 g/mol. The molecule has 2 atom stereocenters. The van der Waals surface area contributed by atoms with Crippen molar-refractivity contribution in [1.82, 2.24) is 0 Å². The van der Waals surface area contributed by atoms with Gasteiger partial charge in [-0.05, 0) is 48.4 Å². The molecule has 2 aliphatic heterocycles. The molecule has 5 rings (SSSR count). The lowest BCUT2D eigenvalue weighted by molar-refractivity contribution is -0.281. The van der Waals surface area contributed by atoms with Gasteiger partial charge in [-0.3, -0.25) is 4.79 Å². The first kappa shape index (κ1) is 15.9. The summed E-state index contributed by atoms with van der Waals surface area (Å²) in [6.45, 7) is 0.562. The lowest BCUT2D eigenvalue weighted by Gasteiger charge is -2.37. The van der Waals surface area contributed by atoms with Crippen LogP contribution >= 0.6 is 23.1 Å². The molecule has 1 saturated heterocycles. The summed E-state index contributed by atoms with van der Waals surface area (Å²) < 4.78 is 13.4. The van der Waals surface area contributed by atoms with Crippen LogP contribution in [-0.2, 0) is 20.1 Å². The molecular weight excluding hydrogens is 354 g/mol. The summed E-state index contributed by atoms with van der Waals surface area (Å²) in [6, 6.07) is 10.2. The first-order valence-corrected chi connectivity index (χ1v) is 10.4. The minimum absolute atomic E-state index is 0.103. The molecule has 130 valence electrons. The smallest absolute Gasteiger partial charge is 0.289 e. The van der Waals surface area contributed by atoms with E-state index in [2.05, 4.69) is 16.8 Å². The van der Waals surface area contributed by atoms with Crippen molar-refractivity contribution in [3.05, 3.63) is 41.3 Å². The molecule has 1 aliphatic carbocycles. The molecule has 6 heteroatoms. The van der Waals surface area contributed by atoms with Gasteiger partial charge in [-0.2, -0.15) is 0 Å². The Morgan fingerprint density at radius 1 is 1.28 bits per heavy atom. The van der Waals surface area contributed by atoms with Crippen molar-refractivity contribution in [3.8, 4) is 0 Å². The summed E-state index contributed by atoms with van der Waals surface area (Å²) in [5.74, 6) is -0.690. The second-order valence-corrected chi connectivity index (χ2v) is 9.19. The number of hydrogen-bond acceptors (Lipinski definition) is 5. The zero-order valence-corrected chi connectivity index (χ0v) is 15.3. The maximum atomic E-state index is 12.7. The number of carbonyl (C=O) groups is 1. The Morgan fingerprint density at radius 2 is 2.20 bits per heavy atom. The Bertz CT molecular complexity index is 803. The first-order chi connectivity index (χ1) is 12.2.